The number of fused-ring (bicyclic) bond motifs is 2. The number of rotatable bonds is 3. The van der Waals surface area contributed by atoms with Gasteiger partial charge in [0.15, 0.2) is 11.5 Å². The van der Waals surface area contributed by atoms with Crippen LogP contribution in [-0.4, -0.2) is 35.5 Å². The number of likely N-dealkylation sites (N-methyl/N-ethyl adjacent to an activating group) is 1. The van der Waals surface area contributed by atoms with E-state index in [1.165, 1.54) is 4.90 Å². The largest absolute Gasteiger partial charge is 0.396 e. The highest BCUT2D eigenvalue weighted by atomic mass is 79.9. The van der Waals surface area contributed by atoms with Gasteiger partial charge in [-0.15, -0.1) is 0 Å². The van der Waals surface area contributed by atoms with Crippen LogP contribution in [0.5, 0.6) is 0 Å². The van der Waals surface area contributed by atoms with Crippen LogP contribution in [0.1, 0.15) is 30.9 Å². The van der Waals surface area contributed by atoms with Crippen molar-refractivity contribution in [2.24, 2.45) is 16.1 Å². The van der Waals surface area contributed by atoms with Gasteiger partial charge in [-0.05, 0) is 42.5 Å². The first kappa shape index (κ1) is 15.5. The maximum absolute atomic E-state index is 13.0. The Balaban J connectivity index is 2.22. The van der Waals surface area contributed by atoms with Crippen molar-refractivity contribution in [3.8, 4) is 0 Å². The molecule has 1 spiro atoms. The van der Waals surface area contributed by atoms with E-state index in [0.29, 0.717) is 12.8 Å². The van der Waals surface area contributed by atoms with Crippen molar-refractivity contribution in [2.45, 2.75) is 31.7 Å². The fourth-order valence-electron chi connectivity index (χ4n) is 3.86. The van der Waals surface area contributed by atoms with Crippen molar-refractivity contribution in [3.63, 3.8) is 0 Å². The molecular formula is C16H20BrN3O2. The third-order valence-electron chi connectivity index (χ3n) is 5.04. The number of halogens is 1. The highest BCUT2D eigenvalue weighted by Gasteiger charge is 2.63. The second kappa shape index (κ2) is 5.06. The molecule has 1 heterocycles. The van der Waals surface area contributed by atoms with E-state index in [-0.39, 0.29) is 23.9 Å². The van der Waals surface area contributed by atoms with Crippen molar-refractivity contribution in [2.75, 3.05) is 13.7 Å². The average molecular weight is 366 g/mol. The molecule has 5 nitrogen and oxygen atoms in total. The van der Waals surface area contributed by atoms with Gasteiger partial charge in [-0.25, -0.2) is 4.99 Å². The van der Waals surface area contributed by atoms with Gasteiger partial charge < -0.3 is 10.8 Å². The standard InChI is InChI=1S/C16H20BrN3O2/c1-15(6-3-7-21)9-10-4-5-11(17)8-12(10)16(15)13(22)20(2)14(18)19-16/h4-5,8,21H,3,6-7,9H2,1-2H3,(H2,18,19). The normalized spacial score (nSPS) is 30.1. The second-order valence-electron chi connectivity index (χ2n) is 6.41. The molecule has 1 amide bonds. The fourth-order valence-corrected chi connectivity index (χ4v) is 4.22. The Bertz CT molecular complexity index is 675. The molecule has 1 aromatic carbocycles. The summed E-state index contributed by atoms with van der Waals surface area (Å²) in [6.45, 7) is 2.18. The van der Waals surface area contributed by atoms with Crippen LogP contribution < -0.4 is 5.73 Å². The molecule has 2 aliphatic rings. The third-order valence-corrected chi connectivity index (χ3v) is 5.54. The summed E-state index contributed by atoms with van der Waals surface area (Å²) in [5.74, 6) is 0.176. The molecule has 0 radical (unpaired) electrons. The third kappa shape index (κ3) is 1.86. The minimum Gasteiger partial charge on any atom is -0.396 e. The number of aliphatic imine (C=N–C) groups is 1. The van der Waals surface area contributed by atoms with E-state index in [1.54, 1.807) is 7.05 Å². The van der Waals surface area contributed by atoms with E-state index in [0.717, 1.165) is 22.0 Å². The van der Waals surface area contributed by atoms with Crippen molar-refractivity contribution >= 4 is 27.8 Å². The number of nitrogens with two attached hydrogens (primary N) is 1. The smallest absolute Gasteiger partial charge is 0.262 e. The summed E-state index contributed by atoms with van der Waals surface area (Å²) in [4.78, 5) is 19.1. The van der Waals surface area contributed by atoms with E-state index in [4.69, 9.17) is 5.73 Å². The van der Waals surface area contributed by atoms with E-state index >= 15 is 0 Å². The summed E-state index contributed by atoms with van der Waals surface area (Å²) in [5.41, 5.74) is 6.67. The Kier molecular flexibility index (Phi) is 3.57. The molecule has 2 unspecified atom stereocenters. The number of hydrogen-bond donors (Lipinski definition) is 2. The van der Waals surface area contributed by atoms with Gasteiger partial charge in [0.25, 0.3) is 5.91 Å². The Hall–Kier alpha value is -1.40. The van der Waals surface area contributed by atoms with Crippen LogP contribution in [0.3, 0.4) is 0 Å². The molecule has 3 N–H and O–H groups in total. The van der Waals surface area contributed by atoms with Crippen LogP contribution in [-0.2, 0) is 16.8 Å². The van der Waals surface area contributed by atoms with Crippen LogP contribution >= 0.6 is 15.9 Å². The summed E-state index contributed by atoms with van der Waals surface area (Å²) in [6.07, 6.45) is 2.11. The van der Waals surface area contributed by atoms with Crippen LogP contribution in [0, 0.1) is 5.41 Å². The molecule has 2 atom stereocenters. The number of carbonyl (C=O) groups excluding carboxylic acids is 1. The summed E-state index contributed by atoms with van der Waals surface area (Å²) in [6, 6.07) is 6.01. The second-order valence-corrected chi connectivity index (χ2v) is 7.33. The molecule has 1 aromatic rings. The van der Waals surface area contributed by atoms with Gasteiger partial charge in [-0.1, -0.05) is 28.9 Å². The van der Waals surface area contributed by atoms with Gasteiger partial charge in [0.2, 0.25) is 0 Å². The first-order chi connectivity index (χ1) is 10.4. The summed E-state index contributed by atoms with van der Waals surface area (Å²) in [7, 11) is 1.67. The SMILES string of the molecule is CN1C(=O)C2(N=C1N)c1cc(Br)ccc1CC2(C)CCCO. The predicted octanol–water partition coefficient (Wildman–Crippen LogP) is 1.77. The van der Waals surface area contributed by atoms with E-state index < -0.39 is 5.54 Å². The van der Waals surface area contributed by atoms with Crippen LogP contribution in [0.15, 0.2) is 27.7 Å². The van der Waals surface area contributed by atoms with Crippen molar-refractivity contribution in [1.82, 2.24) is 4.90 Å². The molecule has 3 rings (SSSR count). The molecule has 6 heteroatoms. The van der Waals surface area contributed by atoms with Gasteiger partial charge in [-0.2, -0.15) is 0 Å². The quantitative estimate of drug-likeness (QED) is 0.856. The molecule has 1 aliphatic heterocycles. The zero-order chi connectivity index (χ0) is 16.1. The lowest BCUT2D eigenvalue weighted by molar-refractivity contribution is -0.135. The van der Waals surface area contributed by atoms with E-state index in [1.807, 2.05) is 18.2 Å². The summed E-state index contributed by atoms with van der Waals surface area (Å²) >= 11 is 3.49. The van der Waals surface area contributed by atoms with Crippen molar-refractivity contribution in [1.29, 1.82) is 0 Å². The zero-order valence-corrected chi connectivity index (χ0v) is 14.4. The van der Waals surface area contributed by atoms with Gasteiger partial charge in [0.05, 0.1) is 0 Å². The molecule has 0 saturated carbocycles. The van der Waals surface area contributed by atoms with Gasteiger partial charge in [0, 0.05) is 23.5 Å². The number of aliphatic hydroxyl groups excluding tert-OH is 1. The number of benzene rings is 1. The van der Waals surface area contributed by atoms with Crippen LogP contribution in [0.4, 0.5) is 0 Å². The summed E-state index contributed by atoms with van der Waals surface area (Å²) in [5, 5.41) is 9.24. The van der Waals surface area contributed by atoms with Crippen molar-refractivity contribution in [3.05, 3.63) is 33.8 Å². The zero-order valence-electron chi connectivity index (χ0n) is 12.8. The number of hydrogen-bond acceptors (Lipinski definition) is 4. The van der Waals surface area contributed by atoms with Crippen LogP contribution in [0.25, 0.3) is 0 Å². The number of aliphatic hydroxyl groups is 1. The molecular weight excluding hydrogens is 346 g/mol. The predicted molar refractivity (Wildman–Crippen MR) is 88.3 cm³/mol. The number of carbonyl (C=O) groups is 1. The lowest BCUT2D eigenvalue weighted by atomic mass is 9.68. The lowest BCUT2D eigenvalue weighted by Gasteiger charge is -2.37. The number of amides is 1. The fraction of sp³-hybridized carbons (Fsp3) is 0.500. The number of nitrogens with zero attached hydrogens (tertiary/aromatic N) is 2. The van der Waals surface area contributed by atoms with Crippen LogP contribution in [0.2, 0.25) is 0 Å². The minimum atomic E-state index is -0.972. The molecule has 1 aliphatic carbocycles. The monoisotopic (exact) mass is 365 g/mol. The topological polar surface area (TPSA) is 78.9 Å². The minimum absolute atomic E-state index is 0.0812. The lowest BCUT2D eigenvalue weighted by Crippen LogP contribution is -2.48. The van der Waals surface area contributed by atoms with Gasteiger partial charge in [-0.3, -0.25) is 9.69 Å². The highest BCUT2D eigenvalue weighted by molar-refractivity contribution is 9.10. The first-order valence-electron chi connectivity index (χ1n) is 7.39. The molecule has 0 aromatic heterocycles. The average Bonchev–Trinajstić information content (AvgIpc) is 2.86. The van der Waals surface area contributed by atoms with Gasteiger partial charge in [0.1, 0.15) is 0 Å². The van der Waals surface area contributed by atoms with Gasteiger partial charge >= 0.3 is 0 Å². The first-order valence-corrected chi connectivity index (χ1v) is 8.18. The number of guanidine groups is 1. The Labute approximate surface area is 138 Å². The van der Waals surface area contributed by atoms with E-state index in [2.05, 4.69) is 27.8 Å². The highest BCUT2D eigenvalue weighted by Crippen LogP contribution is 2.57. The molecule has 0 fully saturated rings. The summed E-state index contributed by atoms with van der Waals surface area (Å²) < 4.78 is 0.924. The molecule has 0 bridgehead atoms. The maximum atomic E-state index is 13.0. The Morgan fingerprint density at radius 2 is 2.23 bits per heavy atom. The molecule has 118 valence electrons. The Morgan fingerprint density at radius 1 is 1.50 bits per heavy atom. The van der Waals surface area contributed by atoms with Crippen molar-refractivity contribution < 1.29 is 9.90 Å². The Morgan fingerprint density at radius 3 is 2.82 bits per heavy atom. The maximum Gasteiger partial charge on any atom is 0.262 e. The molecule has 22 heavy (non-hydrogen) atoms. The van der Waals surface area contributed by atoms with E-state index in [9.17, 15) is 9.90 Å². The molecule has 0 saturated heterocycles.